The molecule has 3 rings (SSSR count). The van der Waals surface area contributed by atoms with Crippen LogP contribution in [0.15, 0.2) is 60.0 Å². The van der Waals surface area contributed by atoms with Crippen molar-refractivity contribution >= 4 is 22.1 Å². The molecule has 3 aromatic rings. The number of ether oxygens (including phenoxy) is 1. The largest absolute Gasteiger partial charge is 2.00 e. The zero-order valence-corrected chi connectivity index (χ0v) is 18.7. The van der Waals surface area contributed by atoms with Gasteiger partial charge in [-0.1, -0.05) is 42.5 Å². The normalized spacial score (nSPS) is 11.6. The van der Waals surface area contributed by atoms with Crippen LogP contribution in [0.25, 0.3) is 10.8 Å². The standard InChI is InChI=1S/C19H21NOS.ClH.Zn/c1-20(2)13-12-18(19-11-6-14-22-19)21-17-10-5-8-15-7-3-4-9-16(15)17;;/h3-11,14,18H,12-13H2,1-2H3;1H;/q;;+2/p-1/t18-;;/m0../s1. The second kappa shape index (κ2) is 10.2. The Bertz CT molecular complexity index is 728. The molecule has 24 heavy (non-hydrogen) atoms. The Morgan fingerprint density at radius 1 is 1.00 bits per heavy atom. The molecule has 122 valence electrons. The van der Waals surface area contributed by atoms with E-state index < -0.39 is 0 Å². The first-order valence-electron chi connectivity index (χ1n) is 7.56. The summed E-state index contributed by atoms with van der Waals surface area (Å²) in [5.41, 5.74) is 0. The Labute approximate surface area is 167 Å². The summed E-state index contributed by atoms with van der Waals surface area (Å²) in [4.78, 5) is 3.49. The number of benzene rings is 2. The monoisotopic (exact) mass is 410 g/mol. The van der Waals surface area contributed by atoms with Gasteiger partial charge < -0.3 is 22.0 Å². The van der Waals surface area contributed by atoms with Crippen molar-refractivity contribution in [3.63, 3.8) is 0 Å². The van der Waals surface area contributed by atoms with E-state index in [0.717, 1.165) is 18.7 Å². The smallest absolute Gasteiger partial charge is 1.00 e. The zero-order valence-electron chi connectivity index (χ0n) is 14.1. The molecule has 0 fully saturated rings. The summed E-state index contributed by atoms with van der Waals surface area (Å²) in [5, 5.41) is 4.51. The van der Waals surface area contributed by atoms with Crippen molar-refractivity contribution in [2.24, 2.45) is 0 Å². The molecule has 0 aliphatic heterocycles. The van der Waals surface area contributed by atoms with Gasteiger partial charge in [-0.25, -0.2) is 0 Å². The number of hydrogen-bond donors (Lipinski definition) is 0. The van der Waals surface area contributed by atoms with Gasteiger partial charge >= 0.3 is 19.5 Å². The third-order valence-electron chi connectivity index (χ3n) is 3.72. The molecule has 0 bridgehead atoms. The summed E-state index contributed by atoms with van der Waals surface area (Å²) >= 11 is 1.76. The quantitative estimate of drug-likeness (QED) is 0.575. The van der Waals surface area contributed by atoms with Crippen molar-refractivity contribution in [1.29, 1.82) is 0 Å². The number of hydrogen-bond acceptors (Lipinski definition) is 3. The number of nitrogens with zero attached hydrogens (tertiary/aromatic N) is 1. The molecule has 0 aliphatic carbocycles. The summed E-state index contributed by atoms with van der Waals surface area (Å²) in [5.74, 6) is 0.968. The summed E-state index contributed by atoms with van der Waals surface area (Å²) in [6.07, 6.45) is 1.09. The minimum atomic E-state index is 0. The number of halogens is 1. The van der Waals surface area contributed by atoms with Gasteiger partial charge in [0.05, 0.1) is 0 Å². The van der Waals surface area contributed by atoms with E-state index in [4.69, 9.17) is 4.74 Å². The van der Waals surface area contributed by atoms with Crippen molar-refractivity contribution in [3.8, 4) is 5.75 Å². The number of fused-ring (bicyclic) bond motifs is 1. The molecule has 0 spiro atoms. The van der Waals surface area contributed by atoms with E-state index in [1.165, 1.54) is 15.6 Å². The van der Waals surface area contributed by atoms with Crippen LogP contribution >= 0.6 is 11.3 Å². The van der Waals surface area contributed by atoms with E-state index in [1.54, 1.807) is 11.3 Å². The molecule has 0 N–H and O–H groups in total. The molecule has 0 radical (unpaired) electrons. The van der Waals surface area contributed by atoms with Gasteiger partial charge in [-0.15, -0.1) is 11.3 Å². The summed E-state index contributed by atoms with van der Waals surface area (Å²) in [6, 6.07) is 18.9. The van der Waals surface area contributed by atoms with Gasteiger partial charge in [-0.3, -0.25) is 0 Å². The maximum Gasteiger partial charge on any atom is 2.00 e. The second-order valence-corrected chi connectivity index (χ2v) is 6.67. The molecule has 0 aliphatic rings. The Kier molecular flexibility index (Phi) is 8.93. The molecule has 1 atom stereocenters. The first kappa shape index (κ1) is 21.1. The molecule has 1 aromatic heterocycles. The first-order valence-corrected chi connectivity index (χ1v) is 8.44. The Morgan fingerprint density at radius 3 is 2.46 bits per heavy atom. The van der Waals surface area contributed by atoms with Crippen molar-refractivity contribution in [3.05, 3.63) is 64.9 Å². The fourth-order valence-electron chi connectivity index (χ4n) is 2.56. The molecule has 0 amide bonds. The van der Waals surface area contributed by atoms with E-state index >= 15 is 0 Å². The van der Waals surface area contributed by atoms with Crippen LogP contribution in [0.1, 0.15) is 17.4 Å². The average molecular weight is 412 g/mol. The first-order chi connectivity index (χ1) is 10.7. The van der Waals surface area contributed by atoms with Crippen LogP contribution in [-0.2, 0) is 19.5 Å². The van der Waals surface area contributed by atoms with Crippen LogP contribution in [0.5, 0.6) is 5.75 Å². The van der Waals surface area contributed by atoms with E-state index in [-0.39, 0.29) is 38.0 Å². The molecule has 1 heterocycles. The molecule has 2 nitrogen and oxygen atoms in total. The van der Waals surface area contributed by atoms with Gasteiger partial charge in [0, 0.05) is 23.2 Å². The van der Waals surface area contributed by atoms with Gasteiger partial charge in [-0.2, -0.15) is 0 Å². The minimum absolute atomic E-state index is 0. The van der Waals surface area contributed by atoms with Crippen molar-refractivity contribution in [2.75, 3.05) is 20.6 Å². The molecular weight excluding hydrogens is 391 g/mol. The maximum atomic E-state index is 6.41. The van der Waals surface area contributed by atoms with Crippen LogP contribution in [0.2, 0.25) is 0 Å². The van der Waals surface area contributed by atoms with Gasteiger partial charge in [0.25, 0.3) is 0 Å². The predicted octanol–water partition coefficient (Wildman–Crippen LogP) is 1.97. The van der Waals surface area contributed by atoms with Crippen molar-refractivity contribution < 1.29 is 36.6 Å². The Balaban J connectivity index is 0.00000144. The van der Waals surface area contributed by atoms with Gasteiger partial charge in [0.15, 0.2) is 0 Å². The Hall–Kier alpha value is -0.927. The number of rotatable bonds is 6. The molecular formula is C19H21ClNOSZn+. The summed E-state index contributed by atoms with van der Waals surface area (Å²) in [6.45, 7) is 1.01. The van der Waals surface area contributed by atoms with Crippen LogP contribution in [0.4, 0.5) is 0 Å². The topological polar surface area (TPSA) is 12.5 Å². The SMILES string of the molecule is CN(C)CC[C@H](Oc1cccc2ccccc12)c1cccs1.[Cl-].[Zn+2]. The fourth-order valence-corrected chi connectivity index (χ4v) is 3.35. The van der Waals surface area contributed by atoms with E-state index in [9.17, 15) is 0 Å². The van der Waals surface area contributed by atoms with Crippen LogP contribution in [0.3, 0.4) is 0 Å². The summed E-state index contributed by atoms with van der Waals surface area (Å²) in [7, 11) is 4.20. The molecule has 0 saturated carbocycles. The molecule has 0 unspecified atom stereocenters. The predicted molar refractivity (Wildman–Crippen MR) is 94.8 cm³/mol. The van der Waals surface area contributed by atoms with E-state index in [1.807, 2.05) is 0 Å². The summed E-state index contributed by atoms with van der Waals surface area (Å²) < 4.78 is 6.41. The number of thiophene rings is 1. The van der Waals surface area contributed by atoms with Crippen LogP contribution in [0, 0.1) is 0 Å². The van der Waals surface area contributed by atoms with Crippen molar-refractivity contribution in [2.45, 2.75) is 12.5 Å². The van der Waals surface area contributed by atoms with Gasteiger partial charge in [0.1, 0.15) is 11.9 Å². The molecule has 2 aromatic carbocycles. The molecule has 5 heteroatoms. The van der Waals surface area contributed by atoms with Crippen LogP contribution < -0.4 is 17.1 Å². The third kappa shape index (κ3) is 5.29. The van der Waals surface area contributed by atoms with Crippen molar-refractivity contribution in [1.82, 2.24) is 4.90 Å². The average Bonchev–Trinajstić information content (AvgIpc) is 3.05. The third-order valence-corrected chi connectivity index (χ3v) is 4.68. The van der Waals surface area contributed by atoms with E-state index in [0.29, 0.717) is 0 Å². The van der Waals surface area contributed by atoms with Crippen LogP contribution in [-0.4, -0.2) is 25.5 Å². The van der Waals surface area contributed by atoms with E-state index in [2.05, 4.69) is 79.0 Å². The fraction of sp³-hybridized carbons (Fsp3) is 0.263. The van der Waals surface area contributed by atoms with Gasteiger partial charge in [0.2, 0.25) is 0 Å². The zero-order chi connectivity index (χ0) is 15.4. The molecule has 0 saturated heterocycles. The second-order valence-electron chi connectivity index (χ2n) is 5.69. The minimum Gasteiger partial charge on any atom is -1.00 e. The maximum absolute atomic E-state index is 6.41. The van der Waals surface area contributed by atoms with Gasteiger partial charge in [-0.05, 0) is 37.0 Å². The Morgan fingerprint density at radius 2 is 1.75 bits per heavy atom.